The predicted octanol–water partition coefficient (Wildman–Crippen LogP) is 6.69. The van der Waals surface area contributed by atoms with E-state index >= 15 is 0 Å². The molecular weight excluding hydrogens is 542 g/mol. The maximum atomic E-state index is 13.3. The summed E-state index contributed by atoms with van der Waals surface area (Å²) in [5.41, 5.74) is 3.55. The number of para-hydroxylation sites is 1. The first-order chi connectivity index (χ1) is 19.6. The van der Waals surface area contributed by atoms with E-state index in [1.54, 1.807) is 61.9 Å². The average Bonchev–Trinajstić information content (AvgIpc) is 3.30. The Morgan fingerprint density at radius 1 is 1.05 bits per heavy atom. The number of nitrogens with zero attached hydrogens (tertiary/aromatic N) is 2. The lowest BCUT2D eigenvalue weighted by Gasteiger charge is -2.38. The average molecular weight is 574 g/mol. The number of hydrogen-bond acceptors (Lipinski definition) is 5. The van der Waals surface area contributed by atoms with Crippen molar-refractivity contribution >= 4 is 51.4 Å². The molecule has 41 heavy (non-hydrogen) atoms. The van der Waals surface area contributed by atoms with Gasteiger partial charge in [-0.15, -0.1) is 0 Å². The Morgan fingerprint density at radius 3 is 2.56 bits per heavy atom. The van der Waals surface area contributed by atoms with Crippen molar-refractivity contribution in [2.24, 2.45) is 0 Å². The Balaban J connectivity index is 1.34. The fraction of sp³-hybridized carbons (Fsp3) is 0.281. The van der Waals surface area contributed by atoms with Crippen LogP contribution in [0.1, 0.15) is 49.2 Å². The van der Waals surface area contributed by atoms with E-state index in [4.69, 9.17) is 20.8 Å². The first-order valence-electron chi connectivity index (χ1n) is 13.6. The van der Waals surface area contributed by atoms with E-state index < -0.39 is 12.0 Å². The summed E-state index contributed by atoms with van der Waals surface area (Å²) >= 11 is 6.30. The van der Waals surface area contributed by atoms with E-state index in [1.807, 2.05) is 42.5 Å². The van der Waals surface area contributed by atoms with Crippen molar-refractivity contribution in [1.82, 2.24) is 15.1 Å². The van der Waals surface area contributed by atoms with E-state index in [2.05, 4.69) is 5.32 Å². The summed E-state index contributed by atoms with van der Waals surface area (Å²) in [6.07, 6.45) is 0.155. The minimum Gasteiger partial charge on any atom is -0.459 e. The van der Waals surface area contributed by atoms with Crippen molar-refractivity contribution in [2.75, 3.05) is 20.1 Å². The smallest absolute Gasteiger partial charge is 0.338 e. The van der Waals surface area contributed by atoms with Crippen molar-refractivity contribution in [2.45, 2.75) is 39.3 Å². The van der Waals surface area contributed by atoms with Gasteiger partial charge in [0.15, 0.2) is 0 Å². The van der Waals surface area contributed by atoms with Gasteiger partial charge < -0.3 is 24.3 Å². The summed E-state index contributed by atoms with van der Waals surface area (Å²) in [6.45, 7) is 5.93. The third-order valence-corrected chi connectivity index (χ3v) is 7.37. The van der Waals surface area contributed by atoms with Crippen LogP contribution < -0.4 is 5.32 Å². The number of fused-ring (bicyclic) bond motifs is 3. The van der Waals surface area contributed by atoms with Gasteiger partial charge in [-0.05, 0) is 69.2 Å². The van der Waals surface area contributed by atoms with Crippen molar-refractivity contribution in [3.05, 3.63) is 94.1 Å². The van der Waals surface area contributed by atoms with Crippen molar-refractivity contribution in [3.63, 3.8) is 0 Å². The number of furan rings is 1. The van der Waals surface area contributed by atoms with Gasteiger partial charge in [-0.3, -0.25) is 4.79 Å². The summed E-state index contributed by atoms with van der Waals surface area (Å²) in [6, 6.07) is 19.3. The van der Waals surface area contributed by atoms with Crippen LogP contribution in [0.3, 0.4) is 0 Å². The van der Waals surface area contributed by atoms with E-state index in [-0.39, 0.29) is 24.6 Å². The Kier molecular flexibility index (Phi) is 8.03. The van der Waals surface area contributed by atoms with Gasteiger partial charge in [0.25, 0.3) is 5.91 Å². The molecule has 1 atom stereocenters. The number of halogens is 1. The van der Waals surface area contributed by atoms with Crippen LogP contribution in [0.5, 0.6) is 0 Å². The highest BCUT2D eigenvalue weighted by Crippen LogP contribution is 2.36. The lowest BCUT2D eigenvalue weighted by atomic mass is 9.93. The minimum absolute atomic E-state index is 0.136. The van der Waals surface area contributed by atoms with Crippen LogP contribution in [0.4, 0.5) is 4.79 Å². The molecule has 0 saturated heterocycles. The minimum atomic E-state index is -0.688. The number of urea groups is 1. The monoisotopic (exact) mass is 573 g/mol. The lowest BCUT2D eigenvalue weighted by molar-refractivity contribution is -0.143. The largest absolute Gasteiger partial charge is 0.459 e. The molecule has 3 aromatic carbocycles. The van der Waals surface area contributed by atoms with Gasteiger partial charge in [-0.2, -0.15) is 0 Å². The lowest BCUT2D eigenvalue weighted by Crippen LogP contribution is -2.49. The SMILES string of the molecule is CC1=C(C(=O)OC(C)C)C(c2cccc(Cl)c2)N(CCCN(C)C(=O)c2ccc3oc4ccccc4c3c2)C(=O)N1. The number of allylic oxidation sites excluding steroid dienone is 1. The van der Waals surface area contributed by atoms with Crippen molar-refractivity contribution < 1.29 is 23.5 Å². The third kappa shape index (κ3) is 5.79. The Morgan fingerprint density at radius 2 is 1.80 bits per heavy atom. The van der Waals surface area contributed by atoms with Crippen molar-refractivity contribution in [1.29, 1.82) is 0 Å². The molecule has 1 N–H and O–H groups in total. The van der Waals surface area contributed by atoms with E-state index in [9.17, 15) is 14.4 Å². The molecule has 0 fully saturated rings. The van der Waals surface area contributed by atoms with Crippen LogP contribution in [0.15, 0.2) is 82.4 Å². The molecule has 4 aromatic rings. The number of carbonyl (C=O) groups is 3. The predicted molar refractivity (Wildman–Crippen MR) is 159 cm³/mol. The molecule has 1 aromatic heterocycles. The summed E-state index contributed by atoms with van der Waals surface area (Å²) in [7, 11) is 1.74. The second-order valence-electron chi connectivity index (χ2n) is 10.5. The summed E-state index contributed by atoms with van der Waals surface area (Å²) in [5.74, 6) is -0.634. The molecule has 5 rings (SSSR count). The van der Waals surface area contributed by atoms with Crippen LogP contribution in [0, 0.1) is 0 Å². The topological polar surface area (TPSA) is 92.1 Å². The molecule has 212 valence electrons. The molecule has 0 aliphatic carbocycles. The summed E-state index contributed by atoms with van der Waals surface area (Å²) in [4.78, 5) is 42.9. The number of hydrogen-bond donors (Lipinski definition) is 1. The highest BCUT2D eigenvalue weighted by molar-refractivity contribution is 6.30. The van der Waals surface area contributed by atoms with E-state index in [0.29, 0.717) is 40.4 Å². The fourth-order valence-corrected chi connectivity index (χ4v) is 5.43. The first kappa shape index (κ1) is 28.2. The molecule has 2 heterocycles. The van der Waals surface area contributed by atoms with E-state index in [0.717, 1.165) is 21.9 Å². The van der Waals surface area contributed by atoms with Gasteiger partial charge >= 0.3 is 12.0 Å². The van der Waals surface area contributed by atoms with Crippen LogP contribution in [0.25, 0.3) is 21.9 Å². The Bertz CT molecular complexity index is 1670. The number of rotatable bonds is 8. The number of carbonyl (C=O) groups excluding carboxylic acids is 3. The number of amides is 3. The molecule has 8 nitrogen and oxygen atoms in total. The van der Waals surface area contributed by atoms with Crippen molar-refractivity contribution in [3.8, 4) is 0 Å². The van der Waals surface area contributed by atoms with Gasteiger partial charge in [0.2, 0.25) is 0 Å². The molecule has 0 radical (unpaired) electrons. The van der Waals surface area contributed by atoms with Gasteiger partial charge in [0.1, 0.15) is 11.2 Å². The number of esters is 1. The molecule has 1 aliphatic rings. The third-order valence-electron chi connectivity index (χ3n) is 7.13. The molecule has 0 bridgehead atoms. The zero-order valence-corrected chi connectivity index (χ0v) is 24.2. The Labute approximate surface area is 243 Å². The van der Waals surface area contributed by atoms with Gasteiger partial charge in [-0.1, -0.05) is 41.9 Å². The highest BCUT2D eigenvalue weighted by Gasteiger charge is 2.38. The Hall–Kier alpha value is -4.30. The maximum Gasteiger partial charge on any atom is 0.338 e. The molecule has 1 unspecified atom stereocenters. The van der Waals surface area contributed by atoms with Gasteiger partial charge in [-0.25, -0.2) is 9.59 Å². The van der Waals surface area contributed by atoms with Crippen LogP contribution in [0.2, 0.25) is 5.02 Å². The second kappa shape index (κ2) is 11.7. The van der Waals surface area contributed by atoms with Crippen LogP contribution in [-0.2, 0) is 9.53 Å². The zero-order chi connectivity index (χ0) is 29.3. The van der Waals surface area contributed by atoms with Crippen LogP contribution in [-0.4, -0.2) is 53.9 Å². The highest BCUT2D eigenvalue weighted by atomic mass is 35.5. The summed E-state index contributed by atoms with van der Waals surface area (Å²) < 4.78 is 11.4. The molecular formula is C32H32ClN3O5. The first-order valence-corrected chi connectivity index (χ1v) is 13.9. The standard InChI is InChI=1S/C32H32ClN3O5/c1-19(2)40-31(38)28-20(3)34-32(39)36(29(28)21-9-7-10-23(33)17-21)16-8-15-35(4)30(37)22-13-14-27-25(18-22)24-11-5-6-12-26(24)41-27/h5-7,9-14,17-19,29H,8,15-16H2,1-4H3,(H,34,39). The summed E-state index contributed by atoms with van der Waals surface area (Å²) in [5, 5.41) is 5.15. The number of ether oxygens (including phenoxy) is 1. The number of nitrogens with one attached hydrogen (secondary N) is 1. The number of benzene rings is 3. The van der Waals surface area contributed by atoms with Gasteiger partial charge in [0, 0.05) is 47.2 Å². The molecule has 9 heteroatoms. The second-order valence-corrected chi connectivity index (χ2v) is 10.9. The van der Waals surface area contributed by atoms with Crippen LogP contribution >= 0.6 is 11.6 Å². The van der Waals surface area contributed by atoms with E-state index in [1.165, 1.54) is 0 Å². The van der Waals surface area contributed by atoms with Gasteiger partial charge in [0.05, 0.1) is 17.7 Å². The quantitative estimate of drug-likeness (QED) is 0.237. The fourth-order valence-electron chi connectivity index (χ4n) is 5.23. The molecule has 3 amide bonds. The normalized spacial score (nSPS) is 15.5. The zero-order valence-electron chi connectivity index (χ0n) is 23.4. The maximum absolute atomic E-state index is 13.3. The molecule has 1 aliphatic heterocycles. The molecule has 0 saturated carbocycles. The molecule has 0 spiro atoms.